The van der Waals surface area contributed by atoms with Gasteiger partial charge < -0.3 is 0 Å². The van der Waals surface area contributed by atoms with E-state index in [1.54, 1.807) is 0 Å². The summed E-state index contributed by atoms with van der Waals surface area (Å²) in [5.74, 6) is -9.85. The Balaban J connectivity index is 3.53. The standard InChI is InChI=1S/C6F5.CN.Hg/c7-2-1-3(8)5(10)6(11)4(2)9;1-2;. The van der Waals surface area contributed by atoms with Crippen LogP contribution in [0.25, 0.3) is 0 Å². The zero-order chi connectivity index (χ0) is 10.9. The topological polar surface area (TPSA) is 23.8 Å². The van der Waals surface area contributed by atoms with Gasteiger partial charge in [-0.2, -0.15) is 0 Å². The summed E-state index contributed by atoms with van der Waals surface area (Å²) in [5, 5.41) is 8.20. The van der Waals surface area contributed by atoms with Crippen LogP contribution in [0.5, 0.6) is 0 Å². The van der Waals surface area contributed by atoms with Gasteiger partial charge >= 0.3 is 87.5 Å². The van der Waals surface area contributed by atoms with Gasteiger partial charge in [0.1, 0.15) is 0 Å². The molecule has 0 heterocycles. The number of nitrogens with zero attached hydrogens (tertiary/aromatic N) is 1. The van der Waals surface area contributed by atoms with E-state index in [1.165, 1.54) is 3.58 Å². The van der Waals surface area contributed by atoms with Crippen LogP contribution in [0.2, 0.25) is 0 Å². The SMILES string of the molecule is N#[C][Hg][c]1c(F)c(F)c(F)c(F)c1F. The van der Waals surface area contributed by atoms with E-state index in [0.29, 0.717) is 0 Å². The van der Waals surface area contributed by atoms with Gasteiger partial charge in [-0.3, -0.25) is 0 Å². The van der Waals surface area contributed by atoms with Gasteiger partial charge in [-0.25, -0.2) is 0 Å². The van der Waals surface area contributed by atoms with Crippen LogP contribution < -0.4 is 3.07 Å². The second-order valence-corrected chi connectivity index (χ2v) is 7.74. The monoisotopic (exact) mass is 395 g/mol. The fraction of sp³-hybridized carbons (Fsp3) is 0. The van der Waals surface area contributed by atoms with Crippen molar-refractivity contribution < 1.29 is 46.5 Å². The maximum atomic E-state index is 12.8. The van der Waals surface area contributed by atoms with Gasteiger partial charge in [-0.1, -0.05) is 0 Å². The number of nitriles is 1. The number of rotatable bonds is 1. The van der Waals surface area contributed by atoms with Gasteiger partial charge in [-0.05, 0) is 0 Å². The van der Waals surface area contributed by atoms with Crippen LogP contribution in [-0.2, 0) is 24.6 Å². The summed E-state index contributed by atoms with van der Waals surface area (Å²) in [5.41, 5.74) is 0. The summed E-state index contributed by atoms with van der Waals surface area (Å²) in [4.78, 5) is 0. The number of halogens is 5. The van der Waals surface area contributed by atoms with Crippen LogP contribution in [-0.4, -0.2) is 0 Å². The minimum absolute atomic E-state index is 0.885. The molecule has 0 amide bonds. The zero-order valence-corrected chi connectivity index (χ0v) is 12.0. The normalized spacial score (nSPS) is 9.43. The molecule has 0 aliphatic heterocycles. The molecule has 1 rings (SSSR count). The minimum atomic E-state index is -2.85. The van der Waals surface area contributed by atoms with Crippen molar-refractivity contribution in [2.24, 2.45) is 0 Å². The summed E-state index contributed by atoms with van der Waals surface area (Å²) < 4.78 is 63.6. The summed E-state index contributed by atoms with van der Waals surface area (Å²) in [7, 11) is 0. The Labute approximate surface area is 87.6 Å². The first-order chi connectivity index (χ1) is 6.50. The summed E-state index contributed by atoms with van der Waals surface area (Å²) in [6.45, 7) is 0. The summed E-state index contributed by atoms with van der Waals surface area (Å²) >= 11 is -2.85. The van der Waals surface area contributed by atoms with E-state index in [1.807, 2.05) is 0 Å². The molecule has 7 heteroatoms. The van der Waals surface area contributed by atoms with Crippen molar-refractivity contribution >= 4 is 3.07 Å². The molecule has 0 bridgehead atoms. The third-order valence-corrected chi connectivity index (χ3v) is 5.96. The average Bonchev–Trinajstić information content (AvgIpc) is 2.19. The van der Waals surface area contributed by atoms with Crippen molar-refractivity contribution in [3.05, 3.63) is 29.1 Å². The van der Waals surface area contributed by atoms with E-state index in [2.05, 4.69) is 0 Å². The van der Waals surface area contributed by atoms with Gasteiger partial charge in [-0.15, -0.1) is 0 Å². The van der Waals surface area contributed by atoms with Crippen molar-refractivity contribution in [3.63, 3.8) is 0 Å². The van der Waals surface area contributed by atoms with Crippen LogP contribution in [0.1, 0.15) is 0 Å². The fourth-order valence-electron chi connectivity index (χ4n) is 0.885. The zero-order valence-electron chi connectivity index (χ0n) is 6.54. The first-order valence-corrected chi connectivity index (χ1v) is 8.87. The quantitative estimate of drug-likeness (QED) is 0.308. The molecule has 0 radical (unpaired) electrons. The molecule has 1 nitrogen and oxygen atoms in total. The Morgan fingerprint density at radius 2 is 1.14 bits per heavy atom. The Morgan fingerprint density at radius 3 is 1.50 bits per heavy atom. The molecule has 1 aromatic rings. The first kappa shape index (κ1) is 11.4. The number of benzene rings is 1. The predicted molar refractivity (Wildman–Crippen MR) is 31.5 cm³/mol. The number of hydrogen-bond donors (Lipinski definition) is 0. The molecule has 0 unspecified atom stereocenters. The van der Waals surface area contributed by atoms with Crippen LogP contribution in [0.15, 0.2) is 0 Å². The first-order valence-electron chi connectivity index (χ1n) is 3.38. The molecular formula is C7F5HgN. The fourth-order valence-corrected chi connectivity index (χ4v) is 3.91. The number of hydrogen-bond acceptors (Lipinski definition) is 1. The van der Waals surface area contributed by atoms with E-state index >= 15 is 0 Å². The van der Waals surface area contributed by atoms with Crippen LogP contribution in [0.4, 0.5) is 22.0 Å². The molecular weight excluding hydrogens is 394 g/mol. The van der Waals surface area contributed by atoms with E-state index in [0.717, 1.165) is 0 Å². The van der Waals surface area contributed by atoms with Crippen LogP contribution in [0, 0.1) is 37.9 Å². The van der Waals surface area contributed by atoms with Gasteiger partial charge in [0.2, 0.25) is 0 Å². The second-order valence-electron chi connectivity index (χ2n) is 2.38. The molecule has 0 saturated carbocycles. The molecule has 0 aromatic heterocycles. The molecule has 0 atom stereocenters. The van der Waals surface area contributed by atoms with Gasteiger partial charge in [0.15, 0.2) is 0 Å². The molecule has 70 valence electrons. The Hall–Kier alpha value is -0.705. The van der Waals surface area contributed by atoms with Crippen molar-refractivity contribution in [1.29, 1.82) is 5.26 Å². The van der Waals surface area contributed by atoms with Crippen LogP contribution >= 0.6 is 0 Å². The second kappa shape index (κ2) is 4.21. The summed E-state index contributed by atoms with van der Waals surface area (Å²) in [6.07, 6.45) is 0. The molecule has 0 spiro atoms. The van der Waals surface area contributed by atoms with E-state index in [4.69, 9.17) is 5.26 Å². The van der Waals surface area contributed by atoms with Gasteiger partial charge in [0, 0.05) is 0 Å². The maximum absolute atomic E-state index is 12.8. The van der Waals surface area contributed by atoms with E-state index < -0.39 is 56.7 Å². The van der Waals surface area contributed by atoms with Crippen LogP contribution in [0.3, 0.4) is 0 Å². The third-order valence-electron chi connectivity index (χ3n) is 1.56. The molecule has 0 saturated heterocycles. The average molecular weight is 394 g/mol. The summed E-state index contributed by atoms with van der Waals surface area (Å²) in [6, 6.07) is 0. The van der Waals surface area contributed by atoms with E-state index in [-0.39, 0.29) is 0 Å². The van der Waals surface area contributed by atoms with E-state index in [9.17, 15) is 22.0 Å². The molecule has 0 fully saturated rings. The Kier molecular flexibility index (Phi) is 3.42. The van der Waals surface area contributed by atoms with Crippen molar-refractivity contribution in [3.8, 4) is 3.58 Å². The predicted octanol–water partition coefficient (Wildman–Crippen LogP) is 1.57. The molecule has 0 aliphatic carbocycles. The third kappa shape index (κ3) is 1.73. The molecule has 1 aromatic carbocycles. The van der Waals surface area contributed by atoms with Gasteiger partial charge in [0.25, 0.3) is 0 Å². The molecule has 0 N–H and O–H groups in total. The van der Waals surface area contributed by atoms with Gasteiger partial charge in [0.05, 0.1) is 0 Å². The Bertz CT molecular complexity index is 396. The Morgan fingerprint density at radius 1 is 0.786 bits per heavy atom. The van der Waals surface area contributed by atoms with Crippen molar-refractivity contribution in [2.75, 3.05) is 0 Å². The molecule has 14 heavy (non-hydrogen) atoms. The van der Waals surface area contributed by atoms with Crippen molar-refractivity contribution in [1.82, 2.24) is 0 Å². The molecule has 0 aliphatic rings. The van der Waals surface area contributed by atoms with Crippen molar-refractivity contribution in [2.45, 2.75) is 0 Å².